The minimum atomic E-state index is -0.964. The minimum absolute atomic E-state index is 0.285. The van der Waals surface area contributed by atoms with E-state index in [1.165, 1.54) is 18.7 Å². The Morgan fingerprint density at radius 1 is 1.15 bits per heavy atom. The highest BCUT2D eigenvalue weighted by atomic mass is 16.2. The molecule has 2 rings (SSSR count). The largest absolute Gasteiger partial charge is 0.343 e. The molecule has 1 aliphatic heterocycles. The SMILES string of the molecule is CN[C@@H](Cc1ccccc1)C(=O)N(C(C)=O)C(=O)[C@@H]1CCCN1C(=O)[C@H](C)NC(=O)[C@H](C)N. The van der Waals surface area contributed by atoms with Gasteiger partial charge in [0.15, 0.2) is 0 Å². The standard InChI is InChI=1S/C23H33N5O5/c1-14(24)20(30)26-15(2)21(31)27-12-8-11-19(27)23(33)28(16(3)29)22(32)18(25-4)13-17-9-6-5-7-10-17/h5-7,9-10,14-15,18-19,25H,8,11-13,24H2,1-4H3,(H,26,30)/t14-,15-,18-,19-/m0/s1. The number of nitrogens with two attached hydrogens (primary N) is 1. The first-order chi connectivity index (χ1) is 15.6. The molecule has 4 N–H and O–H groups in total. The van der Waals surface area contributed by atoms with Crippen molar-refractivity contribution in [2.24, 2.45) is 5.73 Å². The fourth-order valence-corrected chi connectivity index (χ4v) is 3.83. The second-order valence-corrected chi connectivity index (χ2v) is 8.27. The van der Waals surface area contributed by atoms with Crippen molar-refractivity contribution in [2.75, 3.05) is 13.6 Å². The molecular formula is C23H33N5O5. The predicted octanol–water partition coefficient (Wildman–Crippen LogP) is -0.438. The van der Waals surface area contributed by atoms with E-state index in [2.05, 4.69) is 10.6 Å². The molecule has 0 bridgehead atoms. The Bertz CT molecular complexity index is 888. The normalized spacial score (nSPS) is 18.2. The van der Waals surface area contributed by atoms with E-state index in [0.717, 1.165) is 12.5 Å². The summed E-state index contributed by atoms with van der Waals surface area (Å²) in [4.78, 5) is 65.6. The molecule has 1 saturated heterocycles. The topological polar surface area (TPSA) is 142 Å². The van der Waals surface area contributed by atoms with E-state index in [-0.39, 0.29) is 6.54 Å². The third-order valence-corrected chi connectivity index (χ3v) is 5.65. The highest BCUT2D eigenvalue weighted by molar-refractivity contribution is 6.13. The monoisotopic (exact) mass is 459 g/mol. The Kier molecular flexibility index (Phi) is 9.24. The molecule has 0 saturated carbocycles. The van der Waals surface area contributed by atoms with Crippen LogP contribution in [0.1, 0.15) is 39.2 Å². The van der Waals surface area contributed by atoms with Crippen molar-refractivity contribution in [2.45, 2.75) is 64.2 Å². The van der Waals surface area contributed by atoms with Crippen molar-refractivity contribution in [3.63, 3.8) is 0 Å². The first kappa shape index (κ1) is 26.1. The van der Waals surface area contributed by atoms with Gasteiger partial charge in [0.2, 0.25) is 17.7 Å². The summed E-state index contributed by atoms with van der Waals surface area (Å²) < 4.78 is 0. The maximum atomic E-state index is 13.3. The molecule has 1 heterocycles. The maximum Gasteiger partial charge on any atom is 0.258 e. The van der Waals surface area contributed by atoms with Gasteiger partial charge in [-0.2, -0.15) is 0 Å². The molecule has 0 unspecified atom stereocenters. The summed E-state index contributed by atoms with van der Waals surface area (Å²) >= 11 is 0. The Morgan fingerprint density at radius 2 is 1.79 bits per heavy atom. The average molecular weight is 460 g/mol. The fraction of sp³-hybridized carbons (Fsp3) is 0.522. The fourth-order valence-electron chi connectivity index (χ4n) is 3.83. The Hall–Kier alpha value is -3.11. The second-order valence-electron chi connectivity index (χ2n) is 8.27. The number of carbonyl (C=O) groups is 5. The van der Waals surface area contributed by atoms with Gasteiger partial charge in [0.05, 0.1) is 12.1 Å². The summed E-state index contributed by atoms with van der Waals surface area (Å²) in [6, 6.07) is 5.80. The van der Waals surface area contributed by atoms with Gasteiger partial charge in [-0.25, -0.2) is 4.90 Å². The van der Waals surface area contributed by atoms with E-state index in [1.807, 2.05) is 30.3 Å². The maximum absolute atomic E-state index is 13.3. The molecule has 180 valence electrons. The highest BCUT2D eigenvalue weighted by Crippen LogP contribution is 2.21. The third-order valence-electron chi connectivity index (χ3n) is 5.65. The minimum Gasteiger partial charge on any atom is -0.343 e. The summed E-state index contributed by atoms with van der Waals surface area (Å²) in [7, 11) is 1.59. The number of hydrogen-bond acceptors (Lipinski definition) is 7. The number of nitrogens with one attached hydrogen (secondary N) is 2. The lowest BCUT2D eigenvalue weighted by Gasteiger charge is -2.31. The number of likely N-dealkylation sites (tertiary alicyclic amines) is 1. The molecule has 0 aromatic heterocycles. The second kappa shape index (κ2) is 11.7. The number of carbonyl (C=O) groups excluding carboxylic acids is 5. The zero-order chi connectivity index (χ0) is 24.7. The molecule has 33 heavy (non-hydrogen) atoms. The quantitative estimate of drug-likeness (QED) is 0.478. The van der Waals surface area contributed by atoms with Gasteiger partial charge < -0.3 is 21.3 Å². The third kappa shape index (κ3) is 6.45. The molecule has 1 aromatic rings. The highest BCUT2D eigenvalue weighted by Gasteiger charge is 2.42. The van der Waals surface area contributed by atoms with Crippen molar-refractivity contribution in [3.05, 3.63) is 35.9 Å². The van der Waals surface area contributed by atoms with Gasteiger partial charge in [0.25, 0.3) is 11.8 Å². The lowest BCUT2D eigenvalue weighted by atomic mass is 10.0. The van der Waals surface area contributed by atoms with E-state index in [0.29, 0.717) is 24.2 Å². The summed E-state index contributed by atoms with van der Waals surface area (Å²) in [6.07, 6.45) is 1.15. The average Bonchev–Trinajstić information content (AvgIpc) is 3.27. The first-order valence-corrected chi connectivity index (χ1v) is 11.0. The van der Waals surface area contributed by atoms with Gasteiger partial charge >= 0.3 is 0 Å². The van der Waals surface area contributed by atoms with Crippen LogP contribution in [0, 0.1) is 0 Å². The number of imide groups is 3. The molecule has 0 radical (unpaired) electrons. The Balaban J connectivity index is 2.19. The predicted molar refractivity (Wildman–Crippen MR) is 122 cm³/mol. The molecule has 4 atom stereocenters. The van der Waals surface area contributed by atoms with Crippen molar-refractivity contribution in [1.29, 1.82) is 0 Å². The smallest absolute Gasteiger partial charge is 0.258 e. The van der Waals surface area contributed by atoms with E-state index >= 15 is 0 Å². The first-order valence-electron chi connectivity index (χ1n) is 11.0. The molecule has 1 fully saturated rings. The van der Waals surface area contributed by atoms with E-state index < -0.39 is 53.7 Å². The Labute approximate surface area is 193 Å². The van der Waals surface area contributed by atoms with Gasteiger partial charge in [-0.1, -0.05) is 30.3 Å². The van der Waals surface area contributed by atoms with Crippen LogP contribution in [0.4, 0.5) is 0 Å². The number of likely N-dealkylation sites (N-methyl/N-ethyl adjacent to an activating group) is 1. The number of rotatable bonds is 8. The summed E-state index contributed by atoms with van der Waals surface area (Å²) in [5.74, 6) is -3.08. The van der Waals surface area contributed by atoms with Crippen molar-refractivity contribution in [1.82, 2.24) is 20.4 Å². The molecular weight excluding hydrogens is 426 g/mol. The molecule has 5 amide bonds. The van der Waals surface area contributed by atoms with Gasteiger partial charge in [-0.15, -0.1) is 0 Å². The van der Waals surface area contributed by atoms with Crippen LogP contribution in [-0.2, 0) is 30.4 Å². The van der Waals surface area contributed by atoms with Crippen LogP contribution in [0.3, 0.4) is 0 Å². The molecule has 0 aliphatic carbocycles. The Morgan fingerprint density at radius 3 is 2.33 bits per heavy atom. The number of benzene rings is 1. The van der Waals surface area contributed by atoms with Crippen LogP contribution < -0.4 is 16.4 Å². The van der Waals surface area contributed by atoms with Crippen molar-refractivity contribution in [3.8, 4) is 0 Å². The van der Waals surface area contributed by atoms with Crippen molar-refractivity contribution >= 4 is 29.5 Å². The van der Waals surface area contributed by atoms with Crippen LogP contribution >= 0.6 is 0 Å². The van der Waals surface area contributed by atoms with Crippen LogP contribution in [0.2, 0.25) is 0 Å². The number of nitrogens with zero attached hydrogens (tertiary/aromatic N) is 2. The van der Waals surface area contributed by atoms with Crippen LogP contribution in [0.25, 0.3) is 0 Å². The van der Waals surface area contributed by atoms with Gasteiger partial charge in [-0.05, 0) is 45.7 Å². The van der Waals surface area contributed by atoms with Crippen molar-refractivity contribution < 1.29 is 24.0 Å². The van der Waals surface area contributed by atoms with E-state index in [9.17, 15) is 24.0 Å². The molecule has 1 aromatic carbocycles. The van der Waals surface area contributed by atoms with Gasteiger partial charge in [-0.3, -0.25) is 24.0 Å². The zero-order valence-corrected chi connectivity index (χ0v) is 19.5. The summed E-state index contributed by atoms with van der Waals surface area (Å²) in [6.45, 7) is 4.44. The molecule has 10 heteroatoms. The van der Waals surface area contributed by atoms with Gasteiger partial charge in [0.1, 0.15) is 12.1 Å². The van der Waals surface area contributed by atoms with E-state index in [4.69, 9.17) is 5.73 Å². The lowest BCUT2D eigenvalue weighted by Crippen LogP contribution is -2.58. The molecule has 10 nitrogen and oxygen atoms in total. The summed E-state index contributed by atoms with van der Waals surface area (Å²) in [5.41, 5.74) is 6.41. The van der Waals surface area contributed by atoms with E-state index in [1.54, 1.807) is 7.05 Å². The van der Waals surface area contributed by atoms with Crippen LogP contribution in [0.15, 0.2) is 30.3 Å². The lowest BCUT2D eigenvalue weighted by molar-refractivity contribution is -0.158. The van der Waals surface area contributed by atoms with Gasteiger partial charge in [0, 0.05) is 13.5 Å². The molecule has 0 spiro atoms. The zero-order valence-electron chi connectivity index (χ0n) is 19.5. The van der Waals surface area contributed by atoms with Crippen LogP contribution in [0.5, 0.6) is 0 Å². The molecule has 1 aliphatic rings. The van der Waals surface area contributed by atoms with Crippen LogP contribution in [-0.4, -0.2) is 77.1 Å². The number of hydrogen-bond donors (Lipinski definition) is 3. The summed E-state index contributed by atoms with van der Waals surface area (Å²) in [5, 5.41) is 5.40. The number of amides is 5.